The molecule has 0 saturated heterocycles. The Balaban J connectivity index is 2.05. The summed E-state index contributed by atoms with van der Waals surface area (Å²) in [5, 5.41) is 19.1. The van der Waals surface area contributed by atoms with E-state index >= 15 is 0 Å². The van der Waals surface area contributed by atoms with Crippen molar-refractivity contribution in [2.45, 2.75) is 12.3 Å². The van der Waals surface area contributed by atoms with E-state index in [1.807, 2.05) is 37.3 Å². The van der Waals surface area contributed by atoms with Gasteiger partial charge in [-0.25, -0.2) is 9.59 Å². The first-order chi connectivity index (χ1) is 13.8. The van der Waals surface area contributed by atoms with Gasteiger partial charge in [0.15, 0.2) is 11.5 Å². The van der Waals surface area contributed by atoms with Crippen LogP contribution in [0.1, 0.15) is 38.8 Å². The summed E-state index contributed by atoms with van der Waals surface area (Å²) < 4.78 is 13.1. The van der Waals surface area contributed by atoms with Gasteiger partial charge in [0.05, 0.1) is 16.5 Å². The molecular formula is C23H20O5P+. The molecule has 0 aliphatic carbocycles. The second-order valence-electron chi connectivity index (χ2n) is 6.97. The number of aromatic carboxylic acids is 2. The molecule has 0 bridgehead atoms. The van der Waals surface area contributed by atoms with Gasteiger partial charge in [0.25, 0.3) is 0 Å². The lowest BCUT2D eigenvalue weighted by atomic mass is 9.77. The van der Waals surface area contributed by atoms with E-state index in [4.69, 9.17) is 10.2 Å². The topological polar surface area (TPSA) is 91.7 Å². The Bertz CT molecular complexity index is 983. The summed E-state index contributed by atoms with van der Waals surface area (Å²) in [6.45, 7) is 1.94. The van der Waals surface area contributed by atoms with Crippen molar-refractivity contribution in [1.82, 2.24) is 0 Å². The lowest BCUT2D eigenvalue weighted by Gasteiger charge is -2.27. The van der Waals surface area contributed by atoms with Crippen molar-refractivity contribution in [2.24, 2.45) is 0 Å². The van der Waals surface area contributed by atoms with E-state index in [9.17, 15) is 14.2 Å². The summed E-state index contributed by atoms with van der Waals surface area (Å²) in [6.07, 6.45) is 0.297. The van der Waals surface area contributed by atoms with E-state index in [-0.39, 0.29) is 11.1 Å². The van der Waals surface area contributed by atoms with Gasteiger partial charge in [0.2, 0.25) is 0 Å². The molecule has 3 rings (SSSR count). The molecular weight excluding hydrogens is 387 g/mol. The van der Waals surface area contributed by atoms with Crippen molar-refractivity contribution in [1.29, 1.82) is 0 Å². The lowest BCUT2D eigenvalue weighted by molar-refractivity contribution is 0.0686. The average molecular weight is 407 g/mol. The fourth-order valence-electron chi connectivity index (χ4n) is 3.28. The molecule has 0 fully saturated rings. The maximum absolute atomic E-state index is 13.1. The lowest BCUT2D eigenvalue weighted by Crippen LogP contribution is -2.28. The molecule has 0 saturated carbocycles. The molecule has 0 heterocycles. The van der Waals surface area contributed by atoms with Crippen molar-refractivity contribution in [3.63, 3.8) is 0 Å². The second kappa shape index (κ2) is 8.38. The molecule has 3 aromatic rings. The zero-order valence-corrected chi connectivity index (χ0v) is 16.7. The fraction of sp³-hybridized carbons (Fsp3) is 0.130. The molecule has 3 aromatic carbocycles. The maximum Gasteiger partial charge on any atom is 0.378 e. The Morgan fingerprint density at radius 2 is 1.17 bits per heavy atom. The number of carbonyl (C=O) groups is 2. The molecule has 1 atom stereocenters. The summed E-state index contributed by atoms with van der Waals surface area (Å²) in [7, 11) is -1.73. The zero-order valence-electron chi connectivity index (χ0n) is 15.8. The third kappa shape index (κ3) is 4.41. The molecule has 29 heavy (non-hydrogen) atoms. The van der Waals surface area contributed by atoms with Crippen molar-refractivity contribution >= 4 is 25.0 Å². The van der Waals surface area contributed by atoms with Gasteiger partial charge in [0, 0.05) is 0 Å². The SMILES string of the molecule is CC(C[P+](=O)c1ccccc1)(c1ccc(C(=O)O)cc1)c1ccc(C(=O)O)cc1. The number of rotatable bonds is 7. The van der Waals surface area contributed by atoms with Gasteiger partial charge in [-0.1, -0.05) is 47.0 Å². The highest BCUT2D eigenvalue weighted by atomic mass is 31.1. The average Bonchev–Trinajstić information content (AvgIpc) is 2.74. The first-order valence-corrected chi connectivity index (χ1v) is 10.4. The number of benzene rings is 3. The molecule has 0 spiro atoms. The molecule has 146 valence electrons. The minimum absolute atomic E-state index is 0.171. The number of hydrogen-bond acceptors (Lipinski definition) is 3. The maximum atomic E-state index is 13.1. The van der Waals surface area contributed by atoms with Crippen LogP contribution in [-0.2, 0) is 9.98 Å². The van der Waals surface area contributed by atoms with Gasteiger partial charge in [-0.15, -0.1) is 0 Å². The Morgan fingerprint density at radius 3 is 1.55 bits per heavy atom. The summed E-state index contributed by atoms with van der Waals surface area (Å²) >= 11 is 0. The molecule has 6 heteroatoms. The van der Waals surface area contributed by atoms with Crippen LogP contribution in [0.5, 0.6) is 0 Å². The summed E-state index contributed by atoms with van der Waals surface area (Å²) in [5.74, 6) is -2.03. The van der Waals surface area contributed by atoms with Gasteiger partial charge in [-0.3, -0.25) is 0 Å². The Hall–Kier alpha value is -3.30. The molecule has 0 radical (unpaired) electrons. The third-order valence-corrected chi connectivity index (χ3v) is 6.84. The van der Waals surface area contributed by atoms with Crippen LogP contribution >= 0.6 is 7.80 Å². The van der Waals surface area contributed by atoms with Crippen LogP contribution in [0.3, 0.4) is 0 Å². The van der Waals surface area contributed by atoms with Crippen LogP contribution in [0.4, 0.5) is 0 Å². The van der Waals surface area contributed by atoms with Crippen LogP contribution in [-0.4, -0.2) is 28.3 Å². The minimum atomic E-state index is -1.73. The summed E-state index contributed by atoms with van der Waals surface area (Å²) in [4.78, 5) is 22.4. The van der Waals surface area contributed by atoms with E-state index < -0.39 is 25.2 Å². The quantitative estimate of drug-likeness (QED) is 0.561. The number of carboxylic acid groups (broad SMARTS) is 2. The van der Waals surface area contributed by atoms with E-state index in [0.29, 0.717) is 6.16 Å². The monoisotopic (exact) mass is 407 g/mol. The van der Waals surface area contributed by atoms with E-state index in [1.54, 1.807) is 24.3 Å². The van der Waals surface area contributed by atoms with Crippen LogP contribution in [0.2, 0.25) is 0 Å². The van der Waals surface area contributed by atoms with Crippen molar-refractivity contribution in [3.05, 3.63) is 101 Å². The van der Waals surface area contributed by atoms with Gasteiger partial charge >= 0.3 is 19.7 Å². The van der Waals surface area contributed by atoms with Crippen LogP contribution in [0, 0.1) is 0 Å². The Morgan fingerprint density at radius 1 is 0.759 bits per heavy atom. The fourth-order valence-corrected chi connectivity index (χ4v) is 4.91. The summed E-state index contributed by atoms with van der Waals surface area (Å²) in [5.41, 5.74) is 1.27. The van der Waals surface area contributed by atoms with Gasteiger partial charge < -0.3 is 10.2 Å². The summed E-state index contributed by atoms with van der Waals surface area (Å²) in [6, 6.07) is 22.2. The molecule has 0 aliphatic heterocycles. The van der Waals surface area contributed by atoms with E-state index in [2.05, 4.69) is 0 Å². The Labute approximate surface area is 169 Å². The highest BCUT2D eigenvalue weighted by Gasteiger charge is 2.38. The van der Waals surface area contributed by atoms with Gasteiger partial charge in [-0.2, -0.15) is 0 Å². The second-order valence-corrected chi connectivity index (χ2v) is 8.56. The van der Waals surface area contributed by atoms with E-state index in [0.717, 1.165) is 16.4 Å². The zero-order chi connectivity index (χ0) is 21.0. The number of carboxylic acids is 2. The standard InChI is InChI=1S/C23H19O5P/c1-23(15-29(28)20-5-3-2-4-6-20,18-11-7-16(8-12-18)21(24)25)19-13-9-17(10-14-19)22(26)27/h2-14H,15H2,1H3,(H-,24,25,26,27)/p+1. The van der Waals surface area contributed by atoms with Crippen molar-refractivity contribution < 1.29 is 24.4 Å². The predicted octanol–water partition coefficient (Wildman–Crippen LogP) is 4.54. The first-order valence-electron chi connectivity index (χ1n) is 8.98. The Kier molecular flexibility index (Phi) is 5.90. The van der Waals surface area contributed by atoms with Gasteiger partial charge in [0.1, 0.15) is 0 Å². The molecule has 0 aromatic heterocycles. The number of hydrogen-bond donors (Lipinski definition) is 2. The van der Waals surface area contributed by atoms with E-state index in [1.165, 1.54) is 24.3 Å². The molecule has 0 aliphatic rings. The first kappa shape index (κ1) is 20.4. The largest absolute Gasteiger partial charge is 0.478 e. The molecule has 1 unspecified atom stereocenters. The smallest absolute Gasteiger partial charge is 0.378 e. The highest BCUT2D eigenvalue weighted by molar-refractivity contribution is 7.53. The van der Waals surface area contributed by atoms with Gasteiger partial charge in [-0.05, 0) is 54.4 Å². The molecule has 2 N–H and O–H groups in total. The highest BCUT2D eigenvalue weighted by Crippen LogP contribution is 2.40. The molecule has 0 amide bonds. The van der Waals surface area contributed by atoms with Crippen molar-refractivity contribution in [2.75, 3.05) is 6.16 Å². The van der Waals surface area contributed by atoms with Crippen LogP contribution in [0.25, 0.3) is 0 Å². The normalized spacial score (nSPS) is 11.7. The van der Waals surface area contributed by atoms with Crippen LogP contribution < -0.4 is 5.30 Å². The third-order valence-electron chi connectivity index (χ3n) is 5.04. The molecule has 5 nitrogen and oxygen atoms in total. The minimum Gasteiger partial charge on any atom is -0.478 e. The van der Waals surface area contributed by atoms with Crippen molar-refractivity contribution in [3.8, 4) is 0 Å². The predicted molar refractivity (Wildman–Crippen MR) is 112 cm³/mol. The van der Waals surface area contributed by atoms with Crippen LogP contribution in [0.15, 0.2) is 78.9 Å².